The third kappa shape index (κ3) is 4.11. The number of nitrogens with one attached hydrogen (secondary N) is 1. The van der Waals surface area contributed by atoms with Gasteiger partial charge in [-0.25, -0.2) is 14.2 Å². The number of esters is 1. The minimum absolute atomic E-state index is 0.0145. The molecular formula is C25H22FN3O4. The maximum Gasteiger partial charge on any atom is 0.337 e. The van der Waals surface area contributed by atoms with Crippen LogP contribution in [-0.4, -0.2) is 40.4 Å². The molecule has 2 aromatic carbocycles. The van der Waals surface area contributed by atoms with Crippen LogP contribution in [0.2, 0.25) is 0 Å². The molecule has 7 nitrogen and oxygen atoms in total. The standard InChI is InChI=1S/C25H22FN3O4/c1-32-25(31)16-4-7-20-18(12-16)19-14-29(11-10-21(19)28-20)24(30)9-8-23-27-13-22(33-23)15-2-5-17(26)6-3-15/h2-7,12-13,28H,8-11,14H2,1H3. The van der Waals surface area contributed by atoms with Crippen LogP contribution in [-0.2, 0) is 28.9 Å². The van der Waals surface area contributed by atoms with Crippen molar-refractivity contribution in [3.05, 3.63) is 77.2 Å². The summed E-state index contributed by atoms with van der Waals surface area (Å²) in [7, 11) is 1.36. The van der Waals surface area contributed by atoms with E-state index >= 15 is 0 Å². The van der Waals surface area contributed by atoms with Gasteiger partial charge in [-0.1, -0.05) is 0 Å². The number of methoxy groups -OCH3 is 1. The minimum atomic E-state index is -0.387. The normalized spacial score (nSPS) is 13.2. The van der Waals surface area contributed by atoms with E-state index in [2.05, 4.69) is 9.97 Å². The van der Waals surface area contributed by atoms with E-state index in [4.69, 9.17) is 9.15 Å². The fourth-order valence-electron chi connectivity index (χ4n) is 4.22. The molecule has 2 aromatic heterocycles. The van der Waals surface area contributed by atoms with Gasteiger partial charge >= 0.3 is 5.97 Å². The van der Waals surface area contributed by atoms with Crippen LogP contribution in [0.4, 0.5) is 4.39 Å². The fraction of sp³-hybridized carbons (Fsp3) is 0.240. The number of aryl methyl sites for hydroxylation is 1. The molecule has 1 aliphatic heterocycles. The Morgan fingerprint density at radius 2 is 2.03 bits per heavy atom. The van der Waals surface area contributed by atoms with E-state index in [0.29, 0.717) is 36.7 Å². The molecular weight excluding hydrogens is 425 g/mol. The number of oxazole rings is 1. The summed E-state index contributed by atoms with van der Waals surface area (Å²) in [4.78, 5) is 34.3. The number of carbonyl (C=O) groups excluding carboxylic acids is 2. The Balaban J connectivity index is 1.26. The van der Waals surface area contributed by atoms with Crippen LogP contribution >= 0.6 is 0 Å². The lowest BCUT2D eigenvalue weighted by Crippen LogP contribution is -2.35. The number of amides is 1. The van der Waals surface area contributed by atoms with Crippen molar-refractivity contribution in [2.75, 3.05) is 13.7 Å². The lowest BCUT2D eigenvalue weighted by Gasteiger charge is -2.27. The number of hydrogen-bond donors (Lipinski definition) is 1. The summed E-state index contributed by atoms with van der Waals surface area (Å²) in [6.07, 6.45) is 2.96. The lowest BCUT2D eigenvalue weighted by atomic mass is 10.0. The zero-order valence-electron chi connectivity index (χ0n) is 18.1. The molecule has 168 valence electrons. The number of aromatic amines is 1. The highest BCUT2D eigenvalue weighted by molar-refractivity contribution is 5.96. The second kappa shape index (κ2) is 8.54. The monoisotopic (exact) mass is 447 g/mol. The molecule has 5 rings (SSSR count). The van der Waals surface area contributed by atoms with Crippen molar-refractivity contribution in [3.63, 3.8) is 0 Å². The van der Waals surface area contributed by atoms with Crippen molar-refractivity contribution >= 4 is 22.8 Å². The number of halogens is 1. The Bertz CT molecular complexity index is 1340. The Kier molecular flexibility index (Phi) is 5.42. The average molecular weight is 447 g/mol. The number of aromatic nitrogens is 2. The quantitative estimate of drug-likeness (QED) is 0.462. The molecule has 0 spiro atoms. The maximum absolute atomic E-state index is 13.1. The fourth-order valence-corrected chi connectivity index (χ4v) is 4.22. The van der Waals surface area contributed by atoms with Gasteiger partial charge < -0.3 is 19.0 Å². The summed E-state index contributed by atoms with van der Waals surface area (Å²) in [5.41, 5.74) is 4.28. The number of carbonyl (C=O) groups is 2. The topological polar surface area (TPSA) is 88.4 Å². The van der Waals surface area contributed by atoms with E-state index < -0.39 is 0 Å². The molecule has 33 heavy (non-hydrogen) atoms. The smallest absolute Gasteiger partial charge is 0.337 e. The predicted octanol–water partition coefficient (Wildman–Crippen LogP) is 4.27. The summed E-state index contributed by atoms with van der Waals surface area (Å²) in [6, 6.07) is 11.4. The Labute approximate surface area is 189 Å². The van der Waals surface area contributed by atoms with Crippen LogP contribution in [0.25, 0.3) is 22.2 Å². The Morgan fingerprint density at radius 3 is 2.82 bits per heavy atom. The van der Waals surface area contributed by atoms with Gasteiger partial charge in [0.15, 0.2) is 11.7 Å². The zero-order valence-corrected chi connectivity index (χ0v) is 18.1. The largest absolute Gasteiger partial charge is 0.465 e. The first-order valence-corrected chi connectivity index (χ1v) is 10.7. The average Bonchev–Trinajstić information content (AvgIpc) is 3.46. The van der Waals surface area contributed by atoms with Gasteiger partial charge in [-0.2, -0.15) is 0 Å². The van der Waals surface area contributed by atoms with Gasteiger partial charge in [-0.15, -0.1) is 0 Å². The number of H-pyrrole nitrogens is 1. The van der Waals surface area contributed by atoms with Gasteiger partial charge in [0, 0.05) is 60.1 Å². The van der Waals surface area contributed by atoms with Gasteiger partial charge in [0.05, 0.1) is 18.9 Å². The van der Waals surface area contributed by atoms with Crippen LogP contribution in [0, 0.1) is 5.82 Å². The van der Waals surface area contributed by atoms with Crippen LogP contribution in [0.3, 0.4) is 0 Å². The Morgan fingerprint density at radius 1 is 1.21 bits per heavy atom. The molecule has 0 radical (unpaired) electrons. The van der Waals surface area contributed by atoms with Crippen molar-refractivity contribution in [2.24, 2.45) is 0 Å². The van der Waals surface area contributed by atoms with Crippen molar-refractivity contribution in [2.45, 2.75) is 25.8 Å². The number of hydrogen-bond acceptors (Lipinski definition) is 5. The van der Waals surface area contributed by atoms with Gasteiger partial charge in [0.25, 0.3) is 0 Å². The molecule has 3 heterocycles. The molecule has 0 aliphatic carbocycles. The van der Waals surface area contributed by atoms with Gasteiger partial charge in [-0.05, 0) is 42.5 Å². The van der Waals surface area contributed by atoms with Crippen molar-refractivity contribution in [3.8, 4) is 11.3 Å². The number of fused-ring (bicyclic) bond motifs is 3. The van der Waals surface area contributed by atoms with Crippen molar-refractivity contribution in [1.82, 2.24) is 14.9 Å². The highest BCUT2D eigenvalue weighted by Crippen LogP contribution is 2.29. The SMILES string of the molecule is COC(=O)c1ccc2[nH]c3c(c2c1)CN(C(=O)CCc1ncc(-c2ccc(F)cc2)o1)CC3. The molecule has 0 atom stereocenters. The predicted molar refractivity (Wildman–Crippen MR) is 119 cm³/mol. The van der Waals surface area contributed by atoms with E-state index in [1.165, 1.54) is 19.2 Å². The highest BCUT2D eigenvalue weighted by atomic mass is 19.1. The van der Waals surface area contributed by atoms with E-state index in [-0.39, 0.29) is 24.1 Å². The van der Waals surface area contributed by atoms with E-state index in [9.17, 15) is 14.0 Å². The molecule has 0 saturated heterocycles. The van der Waals surface area contributed by atoms with Crippen LogP contribution in [0.1, 0.15) is 33.9 Å². The summed E-state index contributed by atoms with van der Waals surface area (Å²) in [5.74, 6) is 0.322. The highest BCUT2D eigenvalue weighted by Gasteiger charge is 2.25. The van der Waals surface area contributed by atoms with Crippen molar-refractivity contribution < 1.29 is 23.1 Å². The first-order valence-electron chi connectivity index (χ1n) is 10.7. The third-order valence-corrected chi connectivity index (χ3v) is 5.98. The summed E-state index contributed by atoms with van der Waals surface area (Å²) >= 11 is 0. The first-order chi connectivity index (χ1) is 16.0. The van der Waals surface area contributed by atoms with E-state index in [0.717, 1.165) is 34.1 Å². The second-order valence-corrected chi connectivity index (χ2v) is 8.02. The number of nitrogens with zero attached hydrogens (tertiary/aromatic N) is 2. The van der Waals surface area contributed by atoms with Gasteiger partial charge in [0.2, 0.25) is 5.91 Å². The minimum Gasteiger partial charge on any atom is -0.465 e. The molecule has 1 aliphatic rings. The number of ether oxygens (including phenoxy) is 1. The molecule has 1 amide bonds. The van der Waals surface area contributed by atoms with E-state index in [1.807, 2.05) is 17.0 Å². The molecule has 0 saturated carbocycles. The molecule has 0 bridgehead atoms. The summed E-state index contributed by atoms with van der Waals surface area (Å²) in [5, 5.41) is 0.932. The van der Waals surface area contributed by atoms with Crippen LogP contribution < -0.4 is 0 Å². The molecule has 0 fully saturated rings. The van der Waals surface area contributed by atoms with Crippen LogP contribution in [0.5, 0.6) is 0 Å². The van der Waals surface area contributed by atoms with Crippen molar-refractivity contribution in [1.29, 1.82) is 0 Å². The summed E-state index contributed by atoms with van der Waals surface area (Å²) in [6.45, 7) is 1.10. The third-order valence-electron chi connectivity index (χ3n) is 5.98. The second-order valence-electron chi connectivity index (χ2n) is 8.02. The van der Waals surface area contributed by atoms with Gasteiger partial charge in [0.1, 0.15) is 5.82 Å². The number of benzene rings is 2. The Hall–Kier alpha value is -3.94. The zero-order chi connectivity index (χ0) is 22.9. The summed E-state index contributed by atoms with van der Waals surface area (Å²) < 4.78 is 23.7. The van der Waals surface area contributed by atoms with Crippen LogP contribution in [0.15, 0.2) is 53.1 Å². The van der Waals surface area contributed by atoms with E-state index in [1.54, 1.807) is 24.4 Å². The molecule has 1 N–H and O–H groups in total. The first kappa shape index (κ1) is 20.9. The molecule has 0 unspecified atom stereocenters. The lowest BCUT2D eigenvalue weighted by molar-refractivity contribution is -0.132. The maximum atomic E-state index is 13.1. The molecule has 8 heteroatoms. The molecule has 4 aromatic rings. The number of rotatable bonds is 5. The van der Waals surface area contributed by atoms with Gasteiger partial charge in [-0.3, -0.25) is 4.79 Å².